The van der Waals surface area contributed by atoms with Crippen LogP contribution in [-0.2, 0) is 4.79 Å². The van der Waals surface area contributed by atoms with Gasteiger partial charge in [-0.05, 0) is 54.3 Å². The molecular weight excluding hydrogens is 568 g/mol. The number of methoxy groups -OCH3 is 1. The number of nitro groups is 1. The summed E-state index contributed by atoms with van der Waals surface area (Å²) >= 11 is 3.25. The minimum absolute atomic E-state index is 0.117. The lowest BCUT2D eigenvalue weighted by Crippen LogP contribution is -2.21. The average Bonchev–Trinajstić information content (AvgIpc) is 2.88. The van der Waals surface area contributed by atoms with Gasteiger partial charge in [-0.15, -0.1) is 0 Å². The summed E-state index contributed by atoms with van der Waals surface area (Å²) in [5, 5.41) is 16.4. The second-order valence-electron chi connectivity index (χ2n) is 9.07. The van der Waals surface area contributed by atoms with Crippen LogP contribution in [0.1, 0.15) is 43.4 Å². The number of nitrogens with zero attached hydrogens (tertiary/aromatic N) is 4. The zero-order valence-corrected chi connectivity index (χ0v) is 23.5. The van der Waals surface area contributed by atoms with Crippen LogP contribution >= 0.6 is 15.9 Å². The number of rotatable bonds is 7. The molecule has 4 rings (SSSR count). The van der Waals surface area contributed by atoms with Gasteiger partial charge in [-0.25, -0.2) is 4.98 Å². The van der Waals surface area contributed by atoms with Crippen molar-refractivity contribution in [3.63, 3.8) is 0 Å². The molecule has 1 heterocycles. The molecule has 3 aromatic carbocycles. The van der Waals surface area contributed by atoms with Crippen LogP contribution in [0.15, 0.2) is 62.9 Å². The molecule has 0 radical (unpaired) electrons. The molecule has 200 valence electrons. The molecule has 0 bridgehead atoms. The van der Waals surface area contributed by atoms with Crippen LogP contribution < -0.4 is 15.0 Å². The Balaban J connectivity index is 2.02. The lowest BCUT2D eigenvalue weighted by atomic mass is 9.96. The highest BCUT2D eigenvalue weighted by molar-refractivity contribution is 9.10. The van der Waals surface area contributed by atoms with Crippen molar-refractivity contribution in [2.24, 2.45) is 5.10 Å². The number of carbonyl (C=O) groups excluding carboxylic acids is 1. The molecule has 0 atom stereocenters. The van der Waals surface area contributed by atoms with Crippen molar-refractivity contribution >= 4 is 44.7 Å². The normalized spacial score (nSPS) is 11.4. The Kier molecular flexibility index (Phi) is 7.91. The first-order valence-electron chi connectivity index (χ1n) is 11.9. The quantitative estimate of drug-likeness (QED) is 0.0848. The number of hydrogen-bond donors (Lipinski definition) is 0. The molecule has 0 amide bonds. The third-order valence-corrected chi connectivity index (χ3v) is 6.47. The fraction of sp³-hybridized carbons (Fsp3) is 0.214. The van der Waals surface area contributed by atoms with E-state index < -0.39 is 22.1 Å². The number of fused-ring (bicyclic) bond motifs is 1. The number of aromatic nitrogens is 2. The van der Waals surface area contributed by atoms with Crippen molar-refractivity contribution < 1.29 is 19.2 Å². The zero-order chi connectivity index (χ0) is 28.4. The average molecular weight is 593 g/mol. The molecule has 0 unspecified atom stereocenters. The maximum absolute atomic E-state index is 13.7. The van der Waals surface area contributed by atoms with Crippen LogP contribution in [0, 0.1) is 17.0 Å². The van der Waals surface area contributed by atoms with E-state index in [0.29, 0.717) is 20.9 Å². The van der Waals surface area contributed by atoms with Gasteiger partial charge in [0.25, 0.3) is 5.56 Å². The minimum Gasteiger partial charge on any atom is -0.496 e. The van der Waals surface area contributed by atoms with E-state index in [2.05, 4.69) is 21.0 Å². The summed E-state index contributed by atoms with van der Waals surface area (Å²) in [5.41, 5.74) is 2.14. The third kappa shape index (κ3) is 5.58. The van der Waals surface area contributed by atoms with Crippen molar-refractivity contribution in [1.29, 1.82) is 0 Å². The van der Waals surface area contributed by atoms with Gasteiger partial charge >= 0.3 is 11.7 Å². The smallest absolute Gasteiger partial charge is 0.313 e. The van der Waals surface area contributed by atoms with Crippen LogP contribution in [0.4, 0.5) is 5.69 Å². The molecule has 0 saturated heterocycles. The Labute approximate surface area is 232 Å². The predicted octanol–water partition coefficient (Wildman–Crippen LogP) is 5.98. The molecule has 39 heavy (non-hydrogen) atoms. The summed E-state index contributed by atoms with van der Waals surface area (Å²) < 4.78 is 12.3. The van der Waals surface area contributed by atoms with Gasteiger partial charge in [-0.3, -0.25) is 19.7 Å². The number of carbonyl (C=O) groups is 1. The van der Waals surface area contributed by atoms with Crippen LogP contribution in [0.3, 0.4) is 0 Å². The molecule has 4 aromatic rings. The monoisotopic (exact) mass is 592 g/mol. The molecule has 0 saturated carbocycles. The molecule has 1 aromatic heterocycles. The van der Waals surface area contributed by atoms with Crippen LogP contribution in [0.25, 0.3) is 22.3 Å². The summed E-state index contributed by atoms with van der Waals surface area (Å²) in [4.78, 5) is 41.2. The Morgan fingerprint density at radius 3 is 2.56 bits per heavy atom. The van der Waals surface area contributed by atoms with Crippen LogP contribution in [0.5, 0.6) is 11.5 Å². The standard InChI is InChI=1S/C28H25BrN4O6/c1-15(2)21-13-22(16(3)10-25(21)38-5)27-31-23-9-7-6-8-20(23)28(35)32(27)30-14-18-11-19(29)12-24(33(36)37)26(18)39-17(4)34/h6-15H,1-5H3. The van der Waals surface area contributed by atoms with Gasteiger partial charge in [-0.2, -0.15) is 9.78 Å². The fourth-order valence-corrected chi connectivity index (χ4v) is 4.64. The van der Waals surface area contributed by atoms with E-state index in [4.69, 9.17) is 14.5 Å². The van der Waals surface area contributed by atoms with Crippen molar-refractivity contribution in [2.45, 2.75) is 33.6 Å². The van der Waals surface area contributed by atoms with Crippen molar-refractivity contribution in [3.8, 4) is 22.9 Å². The molecule has 0 N–H and O–H groups in total. The van der Waals surface area contributed by atoms with Gasteiger partial charge in [0.1, 0.15) is 5.75 Å². The zero-order valence-electron chi connectivity index (χ0n) is 21.9. The Bertz CT molecular complexity index is 1710. The molecule has 0 spiro atoms. The number of aryl methyl sites for hydroxylation is 1. The molecule has 10 nitrogen and oxygen atoms in total. The van der Waals surface area contributed by atoms with Gasteiger partial charge < -0.3 is 9.47 Å². The number of halogens is 1. The van der Waals surface area contributed by atoms with E-state index in [1.54, 1.807) is 31.4 Å². The number of hydrogen-bond acceptors (Lipinski definition) is 8. The number of para-hydroxylation sites is 1. The van der Waals surface area contributed by atoms with E-state index in [0.717, 1.165) is 28.5 Å². The highest BCUT2D eigenvalue weighted by Crippen LogP contribution is 2.35. The molecule has 0 fully saturated rings. The lowest BCUT2D eigenvalue weighted by Gasteiger charge is -2.17. The summed E-state index contributed by atoms with van der Waals surface area (Å²) in [5.74, 6) is 0.0882. The van der Waals surface area contributed by atoms with Gasteiger partial charge in [-0.1, -0.05) is 41.9 Å². The van der Waals surface area contributed by atoms with E-state index in [1.165, 1.54) is 18.3 Å². The van der Waals surface area contributed by atoms with Gasteiger partial charge in [0.15, 0.2) is 5.82 Å². The first-order valence-corrected chi connectivity index (χ1v) is 12.7. The number of benzene rings is 3. The fourth-order valence-electron chi connectivity index (χ4n) is 4.18. The Morgan fingerprint density at radius 2 is 1.92 bits per heavy atom. The maximum Gasteiger partial charge on any atom is 0.313 e. The Morgan fingerprint density at radius 1 is 1.21 bits per heavy atom. The summed E-state index contributed by atoms with van der Waals surface area (Å²) in [7, 11) is 1.60. The molecule has 0 aliphatic heterocycles. The van der Waals surface area contributed by atoms with E-state index in [1.807, 2.05) is 32.9 Å². The van der Waals surface area contributed by atoms with Gasteiger partial charge in [0.05, 0.1) is 29.2 Å². The second kappa shape index (κ2) is 11.2. The lowest BCUT2D eigenvalue weighted by molar-refractivity contribution is -0.385. The van der Waals surface area contributed by atoms with E-state index >= 15 is 0 Å². The van der Waals surface area contributed by atoms with E-state index in [9.17, 15) is 19.7 Å². The van der Waals surface area contributed by atoms with Crippen LogP contribution in [-0.4, -0.2) is 33.9 Å². The highest BCUT2D eigenvalue weighted by atomic mass is 79.9. The number of ether oxygens (including phenoxy) is 2. The van der Waals surface area contributed by atoms with E-state index in [-0.39, 0.29) is 23.1 Å². The van der Waals surface area contributed by atoms with Gasteiger partial charge in [0.2, 0.25) is 5.75 Å². The summed E-state index contributed by atoms with van der Waals surface area (Å²) in [6.07, 6.45) is 1.24. The number of esters is 1. The summed E-state index contributed by atoms with van der Waals surface area (Å²) in [6, 6.07) is 13.4. The van der Waals surface area contributed by atoms with Crippen molar-refractivity contribution in [1.82, 2.24) is 9.66 Å². The first-order chi connectivity index (χ1) is 18.5. The Hall–Kier alpha value is -4.38. The maximum atomic E-state index is 13.7. The molecule has 0 aliphatic carbocycles. The number of nitro benzene ring substituents is 1. The first kappa shape index (κ1) is 27.6. The highest BCUT2D eigenvalue weighted by Gasteiger charge is 2.23. The third-order valence-electron chi connectivity index (χ3n) is 6.01. The summed E-state index contributed by atoms with van der Waals surface area (Å²) in [6.45, 7) is 7.09. The predicted molar refractivity (Wildman–Crippen MR) is 152 cm³/mol. The SMILES string of the molecule is COc1cc(C)c(-c2nc3ccccc3c(=O)n2N=Cc2cc(Br)cc([N+](=O)[O-])c2OC(C)=O)cc1C(C)C. The second-order valence-corrected chi connectivity index (χ2v) is 9.99. The van der Waals surface area contributed by atoms with Gasteiger partial charge in [0, 0.05) is 28.6 Å². The van der Waals surface area contributed by atoms with Crippen molar-refractivity contribution in [3.05, 3.63) is 90.2 Å². The topological polar surface area (TPSA) is 126 Å². The van der Waals surface area contributed by atoms with Crippen LogP contribution in [0.2, 0.25) is 0 Å². The largest absolute Gasteiger partial charge is 0.496 e. The molecule has 0 aliphatic rings. The minimum atomic E-state index is -0.740. The molecule has 11 heteroatoms. The molecular formula is C28H25BrN4O6. The van der Waals surface area contributed by atoms with Crippen molar-refractivity contribution in [2.75, 3.05) is 7.11 Å².